The molecule has 38 heavy (non-hydrogen) atoms. The van der Waals surface area contributed by atoms with Gasteiger partial charge in [0.2, 0.25) is 0 Å². The number of imidazole rings is 1. The molecule has 0 radical (unpaired) electrons. The zero-order valence-corrected chi connectivity index (χ0v) is 20.7. The molecule has 3 aromatic carbocycles. The van der Waals surface area contributed by atoms with Crippen LogP contribution in [0.3, 0.4) is 0 Å². The SMILES string of the molecule is NOc1cc2c(c3ccccc13)[C@H](CCl)CN2C(=O)c1cn2cc(NC(=O)c3ccc(O)cc3)ccc2n1. The van der Waals surface area contributed by atoms with Gasteiger partial charge in [0.15, 0.2) is 5.75 Å². The first-order chi connectivity index (χ1) is 18.5. The fourth-order valence-electron chi connectivity index (χ4n) is 4.95. The molecule has 0 bridgehead atoms. The van der Waals surface area contributed by atoms with Crippen molar-refractivity contribution < 1.29 is 19.5 Å². The summed E-state index contributed by atoms with van der Waals surface area (Å²) in [5, 5.41) is 14.0. The van der Waals surface area contributed by atoms with E-state index in [9.17, 15) is 14.7 Å². The van der Waals surface area contributed by atoms with Crippen molar-refractivity contribution >= 4 is 51.2 Å². The predicted molar refractivity (Wildman–Crippen MR) is 145 cm³/mol. The van der Waals surface area contributed by atoms with E-state index in [1.807, 2.05) is 24.3 Å². The Hall–Kier alpha value is -4.60. The first kappa shape index (κ1) is 23.8. The van der Waals surface area contributed by atoms with Crippen LogP contribution >= 0.6 is 11.6 Å². The molecule has 5 aromatic rings. The summed E-state index contributed by atoms with van der Waals surface area (Å²) < 4.78 is 1.69. The Bertz CT molecular complexity index is 1720. The second-order valence-electron chi connectivity index (χ2n) is 9.05. The molecule has 3 heterocycles. The van der Waals surface area contributed by atoms with Gasteiger partial charge in [-0.3, -0.25) is 9.59 Å². The van der Waals surface area contributed by atoms with Crippen LogP contribution in [0.5, 0.6) is 11.5 Å². The largest absolute Gasteiger partial charge is 0.508 e. The smallest absolute Gasteiger partial charge is 0.278 e. The maximum atomic E-state index is 13.7. The van der Waals surface area contributed by atoms with Crippen molar-refractivity contribution in [3.8, 4) is 11.5 Å². The standard InChI is InChI=1S/C28H22ClN5O4/c29-12-17-13-34(23-11-24(38-30)20-3-1-2-4-21(20)26(17)23)28(37)22-15-33-14-18(7-10-25(33)32-22)31-27(36)16-5-8-19(35)9-6-16/h1-11,14-15,17,35H,12-13,30H2,(H,31,36)/t17-/m1/s1. The molecular weight excluding hydrogens is 506 g/mol. The summed E-state index contributed by atoms with van der Waals surface area (Å²) in [4.78, 5) is 37.6. The number of benzene rings is 3. The van der Waals surface area contributed by atoms with E-state index in [0.29, 0.717) is 40.8 Å². The van der Waals surface area contributed by atoms with Crippen molar-refractivity contribution in [1.82, 2.24) is 9.38 Å². The van der Waals surface area contributed by atoms with E-state index in [2.05, 4.69) is 10.3 Å². The number of phenolic OH excluding ortho intramolecular Hbond substituents is 1. The molecule has 10 heteroatoms. The van der Waals surface area contributed by atoms with Gasteiger partial charge in [0.25, 0.3) is 11.8 Å². The Balaban J connectivity index is 1.32. The van der Waals surface area contributed by atoms with Crippen LogP contribution in [-0.4, -0.2) is 38.7 Å². The minimum atomic E-state index is -0.327. The van der Waals surface area contributed by atoms with Gasteiger partial charge in [-0.1, -0.05) is 24.3 Å². The number of carbonyl (C=O) groups excluding carboxylic acids is 2. The van der Waals surface area contributed by atoms with Crippen LogP contribution in [-0.2, 0) is 0 Å². The molecule has 0 saturated heterocycles. The zero-order chi connectivity index (χ0) is 26.4. The zero-order valence-electron chi connectivity index (χ0n) is 20.0. The number of rotatable bonds is 5. The molecule has 0 spiro atoms. The second kappa shape index (κ2) is 9.37. The van der Waals surface area contributed by atoms with Crippen molar-refractivity contribution in [3.05, 3.63) is 95.9 Å². The van der Waals surface area contributed by atoms with Gasteiger partial charge in [-0.25, -0.2) is 4.98 Å². The van der Waals surface area contributed by atoms with Crippen molar-refractivity contribution in [2.24, 2.45) is 5.90 Å². The fraction of sp³-hybridized carbons (Fsp3) is 0.107. The van der Waals surface area contributed by atoms with Gasteiger partial charge in [-0.15, -0.1) is 11.6 Å². The topological polar surface area (TPSA) is 122 Å². The predicted octanol–water partition coefficient (Wildman–Crippen LogP) is 4.68. The summed E-state index contributed by atoms with van der Waals surface area (Å²) in [6.07, 6.45) is 3.31. The van der Waals surface area contributed by atoms with Gasteiger partial charge in [-0.05, 0) is 47.3 Å². The van der Waals surface area contributed by atoms with Gasteiger partial charge in [0, 0.05) is 47.8 Å². The monoisotopic (exact) mass is 527 g/mol. The summed E-state index contributed by atoms with van der Waals surface area (Å²) in [7, 11) is 0. The first-order valence-electron chi connectivity index (χ1n) is 11.9. The number of hydrogen-bond acceptors (Lipinski definition) is 6. The van der Waals surface area contributed by atoms with E-state index in [-0.39, 0.29) is 29.2 Å². The molecule has 2 amide bonds. The molecule has 0 unspecified atom stereocenters. The van der Waals surface area contributed by atoms with Crippen LogP contribution in [0.4, 0.5) is 11.4 Å². The minimum Gasteiger partial charge on any atom is -0.508 e. The summed E-state index contributed by atoms with van der Waals surface area (Å²) >= 11 is 6.34. The molecular formula is C28H22ClN5O4. The lowest BCUT2D eigenvalue weighted by molar-refractivity contribution is 0.0982. The normalized spacial score (nSPS) is 14.6. The number of hydrogen-bond donors (Lipinski definition) is 3. The number of aromatic hydroxyl groups is 1. The van der Waals surface area contributed by atoms with E-state index in [1.54, 1.807) is 39.9 Å². The Morgan fingerprint density at radius 1 is 1.08 bits per heavy atom. The fourth-order valence-corrected chi connectivity index (χ4v) is 5.20. The van der Waals surface area contributed by atoms with Crippen molar-refractivity contribution in [3.63, 3.8) is 0 Å². The van der Waals surface area contributed by atoms with E-state index in [0.717, 1.165) is 16.3 Å². The van der Waals surface area contributed by atoms with Crippen LogP contribution in [0.2, 0.25) is 0 Å². The number of nitrogens with two attached hydrogens (primary N) is 1. The molecule has 6 rings (SSSR count). The minimum absolute atomic E-state index is 0.0638. The average Bonchev–Trinajstić information content (AvgIpc) is 3.54. The molecule has 190 valence electrons. The number of amides is 2. The highest BCUT2D eigenvalue weighted by molar-refractivity contribution is 6.19. The van der Waals surface area contributed by atoms with Crippen molar-refractivity contribution in [1.29, 1.82) is 0 Å². The first-order valence-corrected chi connectivity index (χ1v) is 12.4. The molecule has 9 nitrogen and oxygen atoms in total. The Labute approximate surface area is 222 Å². The third-order valence-electron chi connectivity index (χ3n) is 6.74. The van der Waals surface area contributed by atoms with Crippen LogP contribution in [0.1, 0.15) is 32.3 Å². The third kappa shape index (κ3) is 3.98. The maximum Gasteiger partial charge on any atom is 0.278 e. The number of pyridine rings is 1. The quantitative estimate of drug-likeness (QED) is 0.225. The summed E-state index contributed by atoms with van der Waals surface area (Å²) in [5.41, 5.74) is 3.40. The number of phenols is 1. The van der Waals surface area contributed by atoms with Gasteiger partial charge >= 0.3 is 0 Å². The highest BCUT2D eigenvalue weighted by Crippen LogP contribution is 2.45. The van der Waals surface area contributed by atoms with Crippen molar-refractivity contribution in [2.45, 2.75) is 5.92 Å². The van der Waals surface area contributed by atoms with Crippen LogP contribution in [0, 0.1) is 0 Å². The van der Waals surface area contributed by atoms with Gasteiger partial charge in [0.1, 0.15) is 17.1 Å². The molecule has 0 saturated carbocycles. The lowest BCUT2D eigenvalue weighted by Gasteiger charge is -2.17. The number of nitrogens with one attached hydrogen (secondary N) is 1. The van der Waals surface area contributed by atoms with Crippen LogP contribution < -0.4 is 21.0 Å². The highest BCUT2D eigenvalue weighted by atomic mass is 35.5. The molecule has 1 aliphatic rings. The lowest BCUT2D eigenvalue weighted by Crippen LogP contribution is -2.30. The van der Waals surface area contributed by atoms with Crippen molar-refractivity contribution in [2.75, 3.05) is 22.6 Å². The van der Waals surface area contributed by atoms with Gasteiger partial charge < -0.3 is 24.6 Å². The number of nitrogens with zero attached hydrogens (tertiary/aromatic N) is 3. The van der Waals surface area contributed by atoms with Gasteiger partial charge in [-0.2, -0.15) is 5.90 Å². The van der Waals surface area contributed by atoms with Gasteiger partial charge in [0.05, 0.1) is 11.4 Å². The maximum absolute atomic E-state index is 13.7. The number of aromatic nitrogens is 2. The third-order valence-corrected chi connectivity index (χ3v) is 7.12. The Kier molecular flexibility index (Phi) is 5.86. The molecule has 0 fully saturated rings. The van der Waals surface area contributed by atoms with E-state index >= 15 is 0 Å². The summed E-state index contributed by atoms with van der Waals surface area (Å²) in [5.74, 6) is 5.79. The molecule has 1 aliphatic heterocycles. The number of carbonyl (C=O) groups is 2. The Morgan fingerprint density at radius 2 is 1.84 bits per heavy atom. The molecule has 2 aromatic heterocycles. The van der Waals surface area contributed by atoms with Crippen LogP contribution in [0.15, 0.2) is 79.1 Å². The van der Waals surface area contributed by atoms with Crippen LogP contribution in [0.25, 0.3) is 16.4 Å². The summed E-state index contributed by atoms with van der Waals surface area (Å²) in [6, 6.07) is 18.9. The number of anilines is 2. The molecule has 4 N–H and O–H groups in total. The van der Waals surface area contributed by atoms with E-state index in [1.165, 1.54) is 24.3 Å². The molecule has 0 aliphatic carbocycles. The molecule has 1 atom stereocenters. The van der Waals surface area contributed by atoms with E-state index in [4.69, 9.17) is 22.3 Å². The second-order valence-corrected chi connectivity index (χ2v) is 9.36. The van der Waals surface area contributed by atoms with E-state index < -0.39 is 0 Å². The lowest BCUT2D eigenvalue weighted by atomic mass is 9.95. The Morgan fingerprint density at radius 3 is 2.58 bits per heavy atom. The summed E-state index contributed by atoms with van der Waals surface area (Å²) in [6.45, 7) is 0.400. The average molecular weight is 528 g/mol. The number of alkyl halides is 1. The number of fused-ring (bicyclic) bond motifs is 4. The number of halogens is 1. The highest BCUT2D eigenvalue weighted by Gasteiger charge is 2.35.